The Morgan fingerprint density at radius 2 is 1.43 bits per heavy atom. The zero-order chi connectivity index (χ0) is 15.2. The van der Waals surface area contributed by atoms with E-state index in [1.54, 1.807) is 6.92 Å². The standard InChI is InChI=1S/C19H19NO/c1-4-9-18(21)20-19(16-12-7-5-10-14(16)2)17-13-8-6-11-15(17)3/h5-8,10-13,19H,1-3H3,(H,20,21). The van der Waals surface area contributed by atoms with Crippen LogP contribution in [0.4, 0.5) is 0 Å². The van der Waals surface area contributed by atoms with E-state index in [0.717, 1.165) is 22.3 Å². The molecule has 0 aliphatic carbocycles. The summed E-state index contributed by atoms with van der Waals surface area (Å²) in [4.78, 5) is 11.9. The van der Waals surface area contributed by atoms with Gasteiger partial charge in [0.05, 0.1) is 6.04 Å². The zero-order valence-corrected chi connectivity index (χ0v) is 12.6. The van der Waals surface area contributed by atoms with Gasteiger partial charge in [0.1, 0.15) is 0 Å². The topological polar surface area (TPSA) is 29.1 Å². The first-order chi connectivity index (χ1) is 10.1. The van der Waals surface area contributed by atoms with Crippen LogP contribution < -0.4 is 5.32 Å². The lowest BCUT2D eigenvalue weighted by atomic mass is 9.92. The van der Waals surface area contributed by atoms with Crippen molar-refractivity contribution >= 4 is 5.91 Å². The van der Waals surface area contributed by atoms with Crippen LogP contribution in [0.1, 0.15) is 35.2 Å². The summed E-state index contributed by atoms with van der Waals surface area (Å²) in [6.07, 6.45) is 0. The summed E-state index contributed by atoms with van der Waals surface area (Å²) in [5, 5.41) is 3.02. The minimum Gasteiger partial charge on any atom is -0.334 e. The largest absolute Gasteiger partial charge is 0.334 e. The zero-order valence-electron chi connectivity index (χ0n) is 12.6. The molecule has 0 aromatic heterocycles. The molecule has 0 saturated heterocycles. The molecule has 0 atom stereocenters. The first kappa shape index (κ1) is 14.9. The molecule has 0 fully saturated rings. The van der Waals surface area contributed by atoms with E-state index in [0.29, 0.717) is 0 Å². The quantitative estimate of drug-likeness (QED) is 0.854. The lowest BCUT2D eigenvalue weighted by Crippen LogP contribution is -2.29. The van der Waals surface area contributed by atoms with Crippen molar-refractivity contribution in [1.29, 1.82) is 0 Å². The van der Waals surface area contributed by atoms with Gasteiger partial charge in [0, 0.05) is 0 Å². The fraction of sp³-hybridized carbons (Fsp3) is 0.211. The van der Waals surface area contributed by atoms with E-state index in [9.17, 15) is 4.79 Å². The molecule has 0 unspecified atom stereocenters. The van der Waals surface area contributed by atoms with Crippen LogP contribution in [0, 0.1) is 25.7 Å². The molecule has 1 amide bonds. The highest BCUT2D eigenvalue weighted by molar-refractivity contribution is 5.94. The summed E-state index contributed by atoms with van der Waals surface area (Å²) in [6.45, 7) is 5.77. The van der Waals surface area contributed by atoms with Gasteiger partial charge in [0.15, 0.2) is 0 Å². The number of hydrogen-bond donors (Lipinski definition) is 1. The molecule has 2 rings (SSSR count). The maximum Gasteiger partial charge on any atom is 0.296 e. The minimum atomic E-state index is -0.256. The van der Waals surface area contributed by atoms with Gasteiger partial charge < -0.3 is 5.32 Å². The third-order valence-corrected chi connectivity index (χ3v) is 3.51. The molecular weight excluding hydrogens is 258 g/mol. The van der Waals surface area contributed by atoms with Crippen LogP contribution in [-0.2, 0) is 4.79 Å². The molecular formula is C19H19NO. The number of nitrogens with one attached hydrogen (secondary N) is 1. The molecule has 106 valence electrons. The van der Waals surface area contributed by atoms with Crippen LogP contribution in [0.5, 0.6) is 0 Å². The second-order valence-corrected chi connectivity index (χ2v) is 4.99. The van der Waals surface area contributed by atoms with Crippen molar-refractivity contribution in [1.82, 2.24) is 5.32 Å². The van der Waals surface area contributed by atoms with E-state index < -0.39 is 0 Å². The van der Waals surface area contributed by atoms with E-state index in [-0.39, 0.29) is 11.9 Å². The minimum absolute atomic E-state index is 0.180. The van der Waals surface area contributed by atoms with E-state index >= 15 is 0 Å². The van der Waals surface area contributed by atoms with Crippen LogP contribution >= 0.6 is 0 Å². The third kappa shape index (κ3) is 3.52. The van der Waals surface area contributed by atoms with Gasteiger partial charge in [0.25, 0.3) is 5.91 Å². The number of carbonyl (C=O) groups excluding carboxylic acids is 1. The molecule has 0 radical (unpaired) electrons. The van der Waals surface area contributed by atoms with Crippen LogP contribution in [-0.4, -0.2) is 5.91 Å². The van der Waals surface area contributed by atoms with Crippen LogP contribution in [0.15, 0.2) is 48.5 Å². The van der Waals surface area contributed by atoms with Crippen LogP contribution in [0.2, 0.25) is 0 Å². The third-order valence-electron chi connectivity index (χ3n) is 3.51. The van der Waals surface area contributed by atoms with Gasteiger partial charge in [-0.25, -0.2) is 0 Å². The Hall–Kier alpha value is -2.53. The molecule has 1 N–H and O–H groups in total. The van der Waals surface area contributed by atoms with E-state index in [1.165, 1.54) is 0 Å². The van der Waals surface area contributed by atoms with Crippen molar-refractivity contribution in [3.8, 4) is 11.8 Å². The number of carbonyl (C=O) groups is 1. The van der Waals surface area contributed by atoms with Crippen LogP contribution in [0.25, 0.3) is 0 Å². The van der Waals surface area contributed by atoms with Crippen molar-refractivity contribution in [2.24, 2.45) is 0 Å². The summed E-state index contributed by atoms with van der Waals surface area (Å²) < 4.78 is 0. The first-order valence-electron chi connectivity index (χ1n) is 6.97. The van der Waals surface area contributed by atoms with E-state index in [4.69, 9.17) is 0 Å². The average Bonchev–Trinajstić information content (AvgIpc) is 2.47. The summed E-state index contributed by atoms with van der Waals surface area (Å²) in [7, 11) is 0. The lowest BCUT2D eigenvalue weighted by Gasteiger charge is -2.22. The van der Waals surface area contributed by atoms with Gasteiger partial charge in [0.2, 0.25) is 0 Å². The smallest absolute Gasteiger partial charge is 0.296 e. The predicted molar refractivity (Wildman–Crippen MR) is 85.8 cm³/mol. The van der Waals surface area contributed by atoms with Crippen molar-refractivity contribution in [2.45, 2.75) is 26.8 Å². The maximum absolute atomic E-state index is 11.9. The summed E-state index contributed by atoms with van der Waals surface area (Å²) in [6, 6.07) is 16.0. The molecule has 2 heteroatoms. The monoisotopic (exact) mass is 277 g/mol. The lowest BCUT2D eigenvalue weighted by molar-refractivity contribution is -0.116. The molecule has 0 aliphatic heterocycles. The van der Waals surface area contributed by atoms with E-state index in [1.807, 2.05) is 36.4 Å². The molecule has 0 heterocycles. The molecule has 2 nitrogen and oxygen atoms in total. The van der Waals surface area contributed by atoms with Gasteiger partial charge in [-0.15, -0.1) is 0 Å². The summed E-state index contributed by atoms with van der Waals surface area (Å²) >= 11 is 0. The summed E-state index contributed by atoms with van der Waals surface area (Å²) in [5.41, 5.74) is 4.49. The normalized spacial score (nSPS) is 9.90. The number of benzene rings is 2. The molecule has 0 bridgehead atoms. The number of aryl methyl sites for hydroxylation is 2. The fourth-order valence-corrected chi connectivity index (χ4v) is 2.43. The van der Waals surface area contributed by atoms with Crippen molar-refractivity contribution < 1.29 is 4.79 Å². The second kappa shape index (κ2) is 6.76. The van der Waals surface area contributed by atoms with Gasteiger partial charge in [-0.05, 0) is 48.9 Å². The number of amides is 1. The van der Waals surface area contributed by atoms with Gasteiger partial charge in [-0.3, -0.25) is 4.79 Å². The maximum atomic E-state index is 11.9. The van der Waals surface area contributed by atoms with Crippen molar-refractivity contribution in [2.75, 3.05) is 0 Å². The highest BCUT2D eigenvalue weighted by Crippen LogP contribution is 2.27. The average molecular weight is 277 g/mol. The Kier molecular flexibility index (Phi) is 4.79. The Morgan fingerprint density at radius 3 is 1.86 bits per heavy atom. The number of rotatable bonds is 3. The van der Waals surface area contributed by atoms with Crippen LogP contribution in [0.3, 0.4) is 0 Å². The molecule has 2 aromatic rings. The Bertz CT molecular complexity index is 661. The molecule has 0 spiro atoms. The van der Waals surface area contributed by atoms with Gasteiger partial charge in [-0.1, -0.05) is 54.5 Å². The van der Waals surface area contributed by atoms with Crippen molar-refractivity contribution in [3.05, 3.63) is 70.8 Å². The van der Waals surface area contributed by atoms with Crippen molar-refractivity contribution in [3.63, 3.8) is 0 Å². The Morgan fingerprint density at radius 1 is 0.952 bits per heavy atom. The van der Waals surface area contributed by atoms with Gasteiger partial charge >= 0.3 is 0 Å². The van der Waals surface area contributed by atoms with E-state index in [2.05, 4.69) is 43.1 Å². The Labute approximate surface area is 126 Å². The molecule has 21 heavy (non-hydrogen) atoms. The predicted octanol–water partition coefficient (Wildman–Crippen LogP) is 3.53. The highest BCUT2D eigenvalue weighted by Gasteiger charge is 2.19. The first-order valence-corrected chi connectivity index (χ1v) is 6.97. The number of hydrogen-bond acceptors (Lipinski definition) is 1. The highest BCUT2D eigenvalue weighted by atomic mass is 16.1. The molecule has 0 aliphatic rings. The molecule has 2 aromatic carbocycles. The SMILES string of the molecule is CC#CC(=O)NC(c1ccccc1C)c1ccccc1C. The Balaban J connectivity index is 2.49. The summed E-state index contributed by atoms with van der Waals surface area (Å²) in [5.74, 6) is 4.94. The second-order valence-electron chi connectivity index (χ2n) is 4.99. The molecule has 0 saturated carbocycles. The fourth-order valence-electron chi connectivity index (χ4n) is 2.43. The van der Waals surface area contributed by atoms with Gasteiger partial charge in [-0.2, -0.15) is 0 Å².